The number of rotatable bonds is 6. The lowest BCUT2D eigenvalue weighted by molar-refractivity contribution is -0.251. The van der Waals surface area contributed by atoms with Gasteiger partial charge < -0.3 is 9.47 Å². The minimum atomic E-state index is -0.517. The molecule has 0 aromatic carbocycles. The van der Waals surface area contributed by atoms with Crippen LogP contribution in [0.25, 0.3) is 0 Å². The molecule has 1 fully saturated rings. The summed E-state index contributed by atoms with van der Waals surface area (Å²) < 4.78 is 14.7. The molecule has 134 valence electrons. The Morgan fingerprint density at radius 3 is 2.39 bits per heavy atom. The predicted octanol–water partition coefficient (Wildman–Crippen LogP) is 3.23. The summed E-state index contributed by atoms with van der Waals surface area (Å²) in [5.74, 6) is 0. The van der Waals surface area contributed by atoms with Crippen molar-refractivity contribution in [2.75, 3.05) is 19.7 Å². The first-order valence-corrected chi connectivity index (χ1v) is 8.95. The number of hydrogen-bond donors (Lipinski definition) is 0. The molecule has 0 aromatic rings. The van der Waals surface area contributed by atoms with Crippen molar-refractivity contribution in [3.05, 3.63) is 0 Å². The zero-order chi connectivity index (χ0) is 17.8. The van der Waals surface area contributed by atoms with Gasteiger partial charge in [-0.05, 0) is 33.1 Å². The third kappa shape index (κ3) is 5.96. The van der Waals surface area contributed by atoms with Crippen LogP contribution in [0.3, 0.4) is 0 Å². The zero-order valence-electron chi connectivity index (χ0n) is 15.8. The normalized spacial score (nSPS) is 22.4. The Hall–Kier alpha value is -0.240. The molecule has 0 N–H and O–H groups in total. The van der Waals surface area contributed by atoms with Crippen molar-refractivity contribution in [2.24, 2.45) is 5.41 Å². The van der Waals surface area contributed by atoms with Gasteiger partial charge in [-0.1, -0.05) is 30.2 Å². The molecule has 0 amide bonds. The minimum Gasteiger partial charge on any atom is -0.360 e. The van der Waals surface area contributed by atoms with E-state index < -0.39 is 5.72 Å². The summed E-state index contributed by atoms with van der Waals surface area (Å²) in [6, 6.07) is 2.54. The van der Waals surface area contributed by atoms with Gasteiger partial charge in [-0.25, -0.2) is 4.90 Å². The molecule has 3 unspecified atom stereocenters. The van der Waals surface area contributed by atoms with Gasteiger partial charge in [-0.3, -0.25) is 4.67 Å². The van der Waals surface area contributed by atoms with Gasteiger partial charge in [-0.15, -0.1) is 0 Å². The Labute approximate surface area is 144 Å². The molecule has 1 heterocycles. The lowest BCUT2D eigenvalue weighted by Crippen LogP contribution is -2.61. The maximum atomic E-state index is 9.15. The quantitative estimate of drug-likeness (QED) is 0.547. The molecule has 0 saturated carbocycles. The van der Waals surface area contributed by atoms with Gasteiger partial charge in [0.2, 0.25) is 0 Å². The SMILES string of the molecule is CC(C)N(C1CN(P)CCO1)C(C)(C)OC(CC#N)C(C)(C)C. The van der Waals surface area contributed by atoms with Crippen molar-refractivity contribution < 1.29 is 9.47 Å². The molecule has 0 bridgehead atoms. The summed E-state index contributed by atoms with van der Waals surface area (Å²) in [6.07, 6.45) is 0.249. The highest BCUT2D eigenvalue weighted by atomic mass is 31.0. The van der Waals surface area contributed by atoms with Gasteiger partial charge in [-0.2, -0.15) is 5.26 Å². The molecule has 1 aliphatic rings. The number of morpholine rings is 1. The van der Waals surface area contributed by atoms with Crippen LogP contribution in [0, 0.1) is 16.7 Å². The Morgan fingerprint density at radius 2 is 1.96 bits per heavy atom. The van der Waals surface area contributed by atoms with Crippen LogP contribution in [0.5, 0.6) is 0 Å². The van der Waals surface area contributed by atoms with Gasteiger partial charge in [0.1, 0.15) is 12.0 Å². The molecular formula is C17H34N3O2P. The molecule has 3 atom stereocenters. The van der Waals surface area contributed by atoms with E-state index in [1.165, 1.54) is 0 Å². The molecule has 0 aliphatic carbocycles. The van der Waals surface area contributed by atoms with Crippen molar-refractivity contribution in [1.82, 2.24) is 9.57 Å². The van der Waals surface area contributed by atoms with E-state index in [0.29, 0.717) is 13.0 Å². The van der Waals surface area contributed by atoms with E-state index in [-0.39, 0.29) is 23.8 Å². The smallest absolute Gasteiger partial charge is 0.126 e. The predicted molar refractivity (Wildman–Crippen MR) is 96.6 cm³/mol. The average Bonchev–Trinajstić information content (AvgIpc) is 2.36. The largest absolute Gasteiger partial charge is 0.360 e. The molecule has 1 aliphatic heterocycles. The number of nitrogens with zero attached hydrogens (tertiary/aromatic N) is 3. The van der Waals surface area contributed by atoms with Crippen LogP contribution >= 0.6 is 9.39 Å². The summed E-state index contributed by atoms with van der Waals surface area (Å²) in [5.41, 5.74) is -0.605. The Morgan fingerprint density at radius 1 is 1.35 bits per heavy atom. The van der Waals surface area contributed by atoms with Crippen molar-refractivity contribution in [2.45, 2.75) is 79.0 Å². The lowest BCUT2D eigenvalue weighted by Gasteiger charge is -2.50. The molecular weight excluding hydrogens is 309 g/mol. The molecule has 0 spiro atoms. The Kier molecular flexibility index (Phi) is 7.44. The first-order chi connectivity index (χ1) is 10.5. The molecule has 6 heteroatoms. The second-order valence-electron chi connectivity index (χ2n) is 8.10. The minimum absolute atomic E-state index is 0.0149. The highest BCUT2D eigenvalue weighted by molar-refractivity contribution is 7.13. The van der Waals surface area contributed by atoms with Gasteiger partial charge >= 0.3 is 0 Å². The Balaban J connectivity index is 2.97. The summed E-state index contributed by atoms with van der Waals surface area (Å²) in [4.78, 5) is 2.28. The van der Waals surface area contributed by atoms with Crippen LogP contribution in [0.1, 0.15) is 54.9 Å². The van der Waals surface area contributed by atoms with Crippen molar-refractivity contribution >= 4 is 9.39 Å². The fourth-order valence-corrected chi connectivity index (χ4v) is 3.42. The number of nitriles is 1. The maximum Gasteiger partial charge on any atom is 0.126 e. The van der Waals surface area contributed by atoms with Crippen LogP contribution in [0.2, 0.25) is 0 Å². The summed E-state index contributed by atoms with van der Waals surface area (Å²) in [6.45, 7) is 17.3. The van der Waals surface area contributed by atoms with Crippen LogP contribution in [0.15, 0.2) is 0 Å². The van der Waals surface area contributed by atoms with Crippen LogP contribution in [-0.4, -0.2) is 53.4 Å². The van der Waals surface area contributed by atoms with Crippen molar-refractivity contribution in [3.8, 4) is 6.07 Å². The van der Waals surface area contributed by atoms with Crippen molar-refractivity contribution in [1.29, 1.82) is 5.26 Å². The van der Waals surface area contributed by atoms with E-state index in [1.807, 2.05) is 0 Å². The topological polar surface area (TPSA) is 48.7 Å². The summed E-state index contributed by atoms with van der Waals surface area (Å²) in [7, 11) is 2.76. The monoisotopic (exact) mass is 343 g/mol. The standard InChI is InChI=1S/C17H34N3O2P/c1-13(2)20(15-12-19(23)10-11-21-15)17(6,7)22-14(8-9-18)16(3,4)5/h13-15H,8,10-12,23H2,1-7H3. The van der Waals surface area contributed by atoms with E-state index in [0.717, 1.165) is 13.1 Å². The van der Waals surface area contributed by atoms with E-state index in [2.05, 4.69) is 73.5 Å². The maximum absolute atomic E-state index is 9.15. The highest BCUT2D eigenvalue weighted by Gasteiger charge is 2.41. The van der Waals surface area contributed by atoms with E-state index in [4.69, 9.17) is 14.7 Å². The van der Waals surface area contributed by atoms with E-state index in [9.17, 15) is 0 Å². The first-order valence-electron chi connectivity index (χ1n) is 8.43. The van der Waals surface area contributed by atoms with Crippen LogP contribution in [-0.2, 0) is 9.47 Å². The molecule has 0 radical (unpaired) electrons. The van der Waals surface area contributed by atoms with Gasteiger partial charge in [0, 0.05) is 19.1 Å². The summed E-state index contributed by atoms with van der Waals surface area (Å²) in [5, 5.41) is 9.15. The molecule has 1 rings (SSSR count). The van der Waals surface area contributed by atoms with E-state index >= 15 is 0 Å². The fourth-order valence-electron chi connectivity index (χ4n) is 3.14. The molecule has 1 saturated heterocycles. The van der Waals surface area contributed by atoms with Crippen LogP contribution < -0.4 is 0 Å². The van der Waals surface area contributed by atoms with Gasteiger partial charge in [0.15, 0.2) is 0 Å². The molecule has 5 nitrogen and oxygen atoms in total. The third-order valence-corrected chi connectivity index (χ3v) is 4.71. The van der Waals surface area contributed by atoms with Crippen molar-refractivity contribution in [3.63, 3.8) is 0 Å². The number of hydrogen-bond acceptors (Lipinski definition) is 5. The molecule has 23 heavy (non-hydrogen) atoms. The van der Waals surface area contributed by atoms with E-state index in [1.54, 1.807) is 0 Å². The fraction of sp³-hybridized carbons (Fsp3) is 0.941. The van der Waals surface area contributed by atoms with Gasteiger partial charge in [0.25, 0.3) is 0 Å². The van der Waals surface area contributed by atoms with Gasteiger partial charge in [0.05, 0.1) is 25.2 Å². The average molecular weight is 343 g/mol. The second kappa shape index (κ2) is 8.23. The second-order valence-corrected chi connectivity index (χ2v) is 8.83. The first kappa shape index (κ1) is 20.8. The van der Waals surface area contributed by atoms with Crippen LogP contribution in [0.4, 0.5) is 0 Å². The zero-order valence-corrected chi connectivity index (χ0v) is 17.0. The highest BCUT2D eigenvalue weighted by Crippen LogP contribution is 2.33. The summed E-state index contributed by atoms with van der Waals surface area (Å²) >= 11 is 0. The third-order valence-electron chi connectivity index (χ3n) is 4.24. The number of ether oxygens (including phenoxy) is 2. The Bertz CT molecular complexity index is 415. The lowest BCUT2D eigenvalue weighted by atomic mass is 9.87. The molecule has 0 aromatic heterocycles.